The van der Waals surface area contributed by atoms with E-state index < -0.39 is 11.7 Å². The van der Waals surface area contributed by atoms with E-state index >= 15 is 0 Å². The fourth-order valence-electron chi connectivity index (χ4n) is 3.89. The molecule has 2 heterocycles. The molecule has 0 saturated carbocycles. The molecule has 2 aromatic carbocycles. The molecule has 1 radical (unpaired) electrons. The zero-order valence-electron chi connectivity index (χ0n) is 16.9. The van der Waals surface area contributed by atoms with Crippen molar-refractivity contribution >= 4 is 10.9 Å². The van der Waals surface area contributed by atoms with Crippen molar-refractivity contribution in [1.82, 2.24) is 15.1 Å². The van der Waals surface area contributed by atoms with E-state index in [1.165, 1.54) is 11.6 Å². The summed E-state index contributed by atoms with van der Waals surface area (Å²) in [5, 5.41) is 5.17. The average molecular weight is 426 g/mol. The van der Waals surface area contributed by atoms with Crippen LogP contribution >= 0.6 is 0 Å². The van der Waals surface area contributed by atoms with Crippen LogP contribution in [0, 0.1) is 6.42 Å². The number of nitrogens with zero attached hydrogens (tertiary/aromatic N) is 2. The Hall–Kier alpha value is -3.29. The third kappa shape index (κ3) is 3.56. The van der Waals surface area contributed by atoms with Crippen molar-refractivity contribution in [1.29, 1.82) is 0 Å². The van der Waals surface area contributed by atoms with Crippen LogP contribution in [0.2, 0.25) is 0 Å². The van der Waals surface area contributed by atoms with E-state index in [2.05, 4.69) is 21.5 Å². The average Bonchev–Trinajstić information content (AvgIpc) is 3.42. The molecule has 0 saturated heterocycles. The van der Waals surface area contributed by atoms with Crippen molar-refractivity contribution in [2.24, 2.45) is 0 Å². The van der Waals surface area contributed by atoms with Gasteiger partial charge in [-0.2, -0.15) is 18.2 Å². The Kier molecular flexibility index (Phi) is 4.53. The van der Waals surface area contributed by atoms with Crippen LogP contribution in [0.15, 0.2) is 40.9 Å². The topological polar surface area (TPSA) is 63.9 Å². The minimum Gasteiger partial charge on any atom is -0.490 e. The van der Waals surface area contributed by atoms with E-state index in [-0.39, 0.29) is 17.7 Å². The molecule has 1 aliphatic rings. The summed E-state index contributed by atoms with van der Waals surface area (Å²) < 4.78 is 50.5. The molecular formula is C23H19F3N3O2. The Balaban J connectivity index is 1.54. The molecule has 5 nitrogen and oxygen atoms in total. The van der Waals surface area contributed by atoms with E-state index in [1.54, 1.807) is 13.8 Å². The highest BCUT2D eigenvalue weighted by Crippen LogP contribution is 2.38. The molecule has 1 N–H and O–H groups in total. The molecule has 5 rings (SSSR count). The lowest BCUT2D eigenvalue weighted by molar-refractivity contribution is -0.137. The summed E-state index contributed by atoms with van der Waals surface area (Å²) in [5.74, 6) is 0.519. The second-order valence-corrected chi connectivity index (χ2v) is 7.82. The number of benzene rings is 2. The third-order valence-corrected chi connectivity index (χ3v) is 5.27. The number of H-pyrrole nitrogens is 1. The highest BCUT2D eigenvalue weighted by molar-refractivity contribution is 5.89. The quantitative estimate of drug-likeness (QED) is 0.423. The smallest absolute Gasteiger partial charge is 0.416 e. The van der Waals surface area contributed by atoms with E-state index in [9.17, 15) is 13.2 Å². The molecular weight excluding hydrogens is 407 g/mol. The van der Waals surface area contributed by atoms with E-state index in [0.29, 0.717) is 11.4 Å². The van der Waals surface area contributed by atoms with E-state index in [0.717, 1.165) is 47.1 Å². The van der Waals surface area contributed by atoms with Gasteiger partial charge in [0.05, 0.1) is 17.2 Å². The Labute approximate surface area is 176 Å². The number of hydrogen-bond donors (Lipinski definition) is 1. The molecule has 0 spiro atoms. The Morgan fingerprint density at radius 3 is 2.74 bits per heavy atom. The third-order valence-electron chi connectivity index (χ3n) is 5.27. The number of aromatic nitrogens is 3. The predicted molar refractivity (Wildman–Crippen MR) is 110 cm³/mol. The summed E-state index contributed by atoms with van der Waals surface area (Å²) in [7, 11) is 0. The van der Waals surface area contributed by atoms with Gasteiger partial charge in [-0.15, -0.1) is 0 Å². The molecule has 1 aliphatic carbocycles. The Bertz CT molecular complexity index is 1270. The van der Waals surface area contributed by atoms with E-state index in [4.69, 9.17) is 9.26 Å². The van der Waals surface area contributed by atoms with Crippen molar-refractivity contribution in [3.8, 4) is 28.6 Å². The van der Waals surface area contributed by atoms with Crippen molar-refractivity contribution in [2.45, 2.75) is 39.0 Å². The molecule has 0 atom stereocenters. The number of rotatable bonds is 4. The van der Waals surface area contributed by atoms with Gasteiger partial charge in [0.2, 0.25) is 5.82 Å². The van der Waals surface area contributed by atoms with Crippen LogP contribution in [0.3, 0.4) is 0 Å². The second-order valence-electron chi connectivity index (χ2n) is 7.82. The number of fused-ring (bicyclic) bond motifs is 3. The van der Waals surface area contributed by atoms with Gasteiger partial charge in [0.25, 0.3) is 5.89 Å². The number of alkyl halides is 3. The molecule has 0 unspecified atom stereocenters. The SMILES string of the molecule is CC(C)Oc1cc(C(F)(F)F)ccc1-c1nc(-c2ccc3[nH]c4c(c3c2)CC[CH]4)no1. The summed E-state index contributed by atoms with van der Waals surface area (Å²) in [6.45, 7) is 3.48. The summed E-state index contributed by atoms with van der Waals surface area (Å²) in [4.78, 5) is 7.84. The standard InChI is InChI=1S/C23H19F3N3O2/c1-12(2)30-20-11-14(23(24,25)26)7-8-16(20)22-28-21(29-31-22)13-6-9-19-17(10-13)15-4-3-5-18(15)27-19/h5-12,27H,3-4H2,1-2H3. The predicted octanol–water partition coefficient (Wildman–Crippen LogP) is 6.19. The maximum atomic E-state index is 13.1. The second kappa shape index (κ2) is 7.14. The van der Waals surface area contributed by atoms with Crippen molar-refractivity contribution in [2.75, 3.05) is 0 Å². The summed E-state index contributed by atoms with van der Waals surface area (Å²) in [5.41, 5.74) is 3.77. The van der Waals surface area contributed by atoms with Crippen LogP contribution in [-0.4, -0.2) is 21.2 Å². The van der Waals surface area contributed by atoms with Gasteiger partial charge in [-0.05, 0) is 68.7 Å². The van der Waals surface area contributed by atoms with Crippen LogP contribution in [0.25, 0.3) is 33.7 Å². The minimum absolute atomic E-state index is 0.0504. The zero-order valence-corrected chi connectivity index (χ0v) is 16.9. The maximum absolute atomic E-state index is 13.1. The van der Waals surface area contributed by atoms with Crippen LogP contribution in [0.1, 0.15) is 37.1 Å². The zero-order chi connectivity index (χ0) is 21.8. The molecule has 0 aliphatic heterocycles. The maximum Gasteiger partial charge on any atom is 0.416 e. The highest BCUT2D eigenvalue weighted by Gasteiger charge is 2.32. The van der Waals surface area contributed by atoms with Crippen molar-refractivity contribution < 1.29 is 22.4 Å². The number of ether oxygens (including phenoxy) is 1. The molecule has 159 valence electrons. The number of nitrogens with one attached hydrogen (secondary N) is 1. The fraction of sp³-hybridized carbons (Fsp3) is 0.261. The molecule has 2 aromatic heterocycles. The first kappa shape index (κ1) is 19.7. The first-order valence-electron chi connectivity index (χ1n) is 10.00. The molecule has 4 aromatic rings. The van der Waals surface area contributed by atoms with Gasteiger partial charge in [-0.3, -0.25) is 0 Å². The van der Waals surface area contributed by atoms with E-state index in [1.807, 2.05) is 18.2 Å². The number of aryl methyl sites for hydroxylation is 1. The van der Waals surface area contributed by atoms with Crippen LogP contribution in [-0.2, 0) is 12.6 Å². The fourth-order valence-corrected chi connectivity index (χ4v) is 3.89. The van der Waals surface area contributed by atoms with Gasteiger partial charge in [0.15, 0.2) is 0 Å². The lowest BCUT2D eigenvalue weighted by Gasteiger charge is -2.15. The number of hydrogen-bond acceptors (Lipinski definition) is 4. The largest absolute Gasteiger partial charge is 0.490 e. The van der Waals surface area contributed by atoms with Crippen molar-refractivity contribution in [3.63, 3.8) is 0 Å². The van der Waals surface area contributed by atoms with Gasteiger partial charge >= 0.3 is 6.18 Å². The number of aromatic amines is 1. The van der Waals surface area contributed by atoms with Crippen molar-refractivity contribution in [3.05, 3.63) is 59.6 Å². The van der Waals surface area contributed by atoms with Gasteiger partial charge in [-0.25, -0.2) is 0 Å². The van der Waals surface area contributed by atoms with Crippen LogP contribution < -0.4 is 4.74 Å². The first-order valence-corrected chi connectivity index (χ1v) is 10.00. The molecule has 0 bridgehead atoms. The van der Waals surface area contributed by atoms with Crippen LogP contribution in [0.5, 0.6) is 5.75 Å². The Morgan fingerprint density at radius 2 is 1.97 bits per heavy atom. The number of halogens is 3. The lowest BCUT2D eigenvalue weighted by Crippen LogP contribution is -2.10. The minimum atomic E-state index is -4.47. The van der Waals surface area contributed by atoms with Gasteiger partial charge < -0.3 is 14.2 Å². The van der Waals surface area contributed by atoms with Gasteiger partial charge in [0.1, 0.15) is 5.75 Å². The van der Waals surface area contributed by atoms with Crippen LogP contribution in [0.4, 0.5) is 13.2 Å². The molecule has 8 heteroatoms. The molecule has 31 heavy (non-hydrogen) atoms. The summed E-state index contributed by atoms with van der Waals surface area (Å²) in [6.07, 6.45) is -0.614. The molecule has 0 amide bonds. The monoisotopic (exact) mass is 426 g/mol. The summed E-state index contributed by atoms with van der Waals surface area (Å²) >= 11 is 0. The Morgan fingerprint density at radius 1 is 1.13 bits per heavy atom. The van der Waals surface area contributed by atoms with Gasteiger partial charge in [0, 0.05) is 28.6 Å². The molecule has 0 fully saturated rings. The van der Waals surface area contributed by atoms with Gasteiger partial charge in [-0.1, -0.05) is 5.16 Å². The highest BCUT2D eigenvalue weighted by atomic mass is 19.4. The normalized spacial score (nSPS) is 13.9. The summed E-state index contributed by atoms with van der Waals surface area (Å²) in [6, 6.07) is 9.12. The first-order chi connectivity index (χ1) is 14.8. The lowest BCUT2D eigenvalue weighted by atomic mass is 10.1.